The Kier molecular flexibility index (Phi) is 8.74. The fourth-order valence-corrected chi connectivity index (χ4v) is 10.8. The van der Waals surface area contributed by atoms with Gasteiger partial charge in [-0.3, -0.25) is 0 Å². The number of hydrogen-bond acceptors (Lipinski definition) is 2. The molecule has 0 saturated carbocycles. The van der Waals surface area contributed by atoms with Crippen LogP contribution in [0.4, 0.5) is 28.4 Å². The molecule has 62 heavy (non-hydrogen) atoms. The third-order valence-electron chi connectivity index (χ3n) is 14.0. The van der Waals surface area contributed by atoms with Gasteiger partial charge in [-0.25, -0.2) is 0 Å². The van der Waals surface area contributed by atoms with E-state index in [2.05, 4.69) is 206 Å². The van der Waals surface area contributed by atoms with Crippen LogP contribution in [0.1, 0.15) is 47.1 Å². The first kappa shape index (κ1) is 36.7. The lowest BCUT2D eigenvalue weighted by molar-refractivity contribution is 0.833. The summed E-state index contributed by atoms with van der Waals surface area (Å²) in [4.78, 5) is 5.09. The summed E-state index contributed by atoms with van der Waals surface area (Å²) in [5, 5.41) is 7.56. The number of fused-ring (bicyclic) bond motifs is 6. The van der Waals surface area contributed by atoms with Crippen molar-refractivity contribution in [3.05, 3.63) is 221 Å². The number of anilines is 5. The van der Waals surface area contributed by atoms with Crippen LogP contribution in [0.2, 0.25) is 0 Å². The predicted octanol–water partition coefficient (Wildman–Crippen LogP) is 16.4. The van der Waals surface area contributed by atoms with Gasteiger partial charge in [-0.15, -0.1) is 0 Å². The van der Waals surface area contributed by atoms with E-state index in [1.807, 2.05) is 0 Å². The van der Waals surface area contributed by atoms with E-state index in [4.69, 9.17) is 0 Å². The molecule has 0 unspecified atom stereocenters. The molecular weight excluding hydrogens is 749 g/mol. The number of nitrogens with zero attached hydrogens (tertiary/aromatic N) is 2. The molecule has 0 N–H and O–H groups in total. The molecule has 0 amide bonds. The Morgan fingerprint density at radius 2 is 0.984 bits per heavy atom. The minimum Gasteiger partial charge on any atom is -0.310 e. The number of benzene rings is 9. The molecule has 0 fully saturated rings. The summed E-state index contributed by atoms with van der Waals surface area (Å²) in [5.41, 5.74) is 20.9. The molecule has 2 heteroatoms. The van der Waals surface area contributed by atoms with Crippen molar-refractivity contribution < 1.29 is 0 Å². The maximum Gasteiger partial charge on any atom is 0.0493 e. The SMILES string of the molecule is Cc1ccc(-c2c3cc(N4c5ccccc5CCc5ccccc54)ccc3c(-c3cccc4ccccc34)c3cc(N4C5=C(CCC=C5)CCc5ccccc54)ccc23)cc1C. The maximum absolute atomic E-state index is 2.57. The van der Waals surface area contributed by atoms with Gasteiger partial charge in [0.05, 0.1) is 0 Å². The van der Waals surface area contributed by atoms with Crippen molar-refractivity contribution in [2.75, 3.05) is 9.80 Å². The maximum atomic E-state index is 2.57. The zero-order valence-corrected chi connectivity index (χ0v) is 35.5. The van der Waals surface area contributed by atoms with Crippen LogP contribution in [0.3, 0.4) is 0 Å². The van der Waals surface area contributed by atoms with E-state index in [0.29, 0.717) is 0 Å². The van der Waals surface area contributed by atoms with E-state index in [1.54, 1.807) is 5.57 Å². The van der Waals surface area contributed by atoms with Crippen molar-refractivity contribution in [3.63, 3.8) is 0 Å². The fourth-order valence-electron chi connectivity index (χ4n) is 10.8. The number of hydrogen-bond donors (Lipinski definition) is 0. The van der Waals surface area contributed by atoms with Gasteiger partial charge in [-0.05, 0) is 189 Å². The number of rotatable bonds is 4. The van der Waals surface area contributed by atoms with E-state index in [-0.39, 0.29) is 0 Å². The topological polar surface area (TPSA) is 6.48 Å². The van der Waals surface area contributed by atoms with Crippen LogP contribution in [-0.2, 0) is 19.3 Å². The van der Waals surface area contributed by atoms with Crippen molar-refractivity contribution in [1.82, 2.24) is 0 Å². The average molecular weight is 797 g/mol. The van der Waals surface area contributed by atoms with Gasteiger partial charge in [0.1, 0.15) is 0 Å². The first-order valence-corrected chi connectivity index (χ1v) is 22.4. The molecule has 9 aromatic rings. The standard InChI is InChI=1S/C60H48N2/c1-39-26-27-46(36-40(39)2)59-51-34-32-48(62-57-24-11-6-17-44(57)30-31-45-18-7-12-25-58(45)62)38-54(51)60(50-21-13-19-41-14-3-8-20-49(41)50)52-35-33-47(37-53(52)59)61-55-22-9-4-15-42(55)28-29-43-16-5-10-23-56(43)61/h3-6,8-17,19-27,32-38H,7,18,28-31H2,1-2H3. The highest BCUT2D eigenvalue weighted by molar-refractivity contribution is 6.24. The molecule has 1 aliphatic carbocycles. The third kappa shape index (κ3) is 5.92. The summed E-state index contributed by atoms with van der Waals surface area (Å²) in [6.07, 6.45) is 11.2. The third-order valence-corrected chi connectivity index (χ3v) is 14.0. The zero-order valence-electron chi connectivity index (χ0n) is 35.5. The lowest BCUT2D eigenvalue weighted by Crippen LogP contribution is -2.18. The lowest BCUT2D eigenvalue weighted by atomic mass is 9.83. The van der Waals surface area contributed by atoms with Gasteiger partial charge in [0.15, 0.2) is 0 Å². The van der Waals surface area contributed by atoms with E-state index < -0.39 is 0 Å². The molecule has 298 valence electrons. The second kappa shape index (κ2) is 14.8. The zero-order chi connectivity index (χ0) is 41.3. The van der Waals surface area contributed by atoms with Crippen LogP contribution in [0, 0.1) is 13.8 Å². The molecule has 0 radical (unpaired) electrons. The molecule has 9 aromatic carbocycles. The van der Waals surface area contributed by atoms with E-state index in [9.17, 15) is 0 Å². The van der Waals surface area contributed by atoms with Gasteiger partial charge < -0.3 is 9.80 Å². The van der Waals surface area contributed by atoms with Gasteiger partial charge in [0, 0.05) is 34.1 Å². The van der Waals surface area contributed by atoms with Gasteiger partial charge in [0.2, 0.25) is 0 Å². The van der Waals surface area contributed by atoms with Gasteiger partial charge in [-0.2, -0.15) is 0 Å². The fraction of sp³-hybridized carbons (Fsp3) is 0.133. The summed E-state index contributed by atoms with van der Waals surface area (Å²) in [6, 6.07) is 64.5. The first-order chi connectivity index (χ1) is 30.6. The van der Waals surface area contributed by atoms with Crippen molar-refractivity contribution >= 4 is 60.8 Å². The molecule has 2 nitrogen and oxygen atoms in total. The number of aryl methyl sites for hydroxylation is 5. The Bertz CT molecular complexity index is 3290. The Morgan fingerprint density at radius 1 is 0.403 bits per heavy atom. The Balaban J connectivity index is 1.21. The Morgan fingerprint density at radius 3 is 1.69 bits per heavy atom. The quantitative estimate of drug-likeness (QED) is 0.164. The number of para-hydroxylation sites is 3. The predicted molar refractivity (Wildman–Crippen MR) is 264 cm³/mol. The molecule has 0 aromatic heterocycles. The van der Waals surface area contributed by atoms with Crippen molar-refractivity contribution in [3.8, 4) is 22.3 Å². The first-order valence-electron chi connectivity index (χ1n) is 22.4. The van der Waals surface area contributed by atoms with E-state index >= 15 is 0 Å². The lowest BCUT2D eigenvalue weighted by Gasteiger charge is -2.31. The molecule has 12 rings (SSSR count). The second-order valence-corrected chi connectivity index (χ2v) is 17.5. The molecule has 0 bridgehead atoms. The van der Waals surface area contributed by atoms with E-state index in [1.165, 1.54) is 117 Å². The monoisotopic (exact) mass is 796 g/mol. The molecular formula is C60H48N2. The van der Waals surface area contributed by atoms with Gasteiger partial charge >= 0.3 is 0 Å². The Labute approximate surface area is 364 Å². The van der Waals surface area contributed by atoms with Crippen molar-refractivity contribution in [2.24, 2.45) is 0 Å². The Hall–Kier alpha value is -7.16. The highest BCUT2D eigenvalue weighted by Crippen LogP contribution is 2.51. The minimum absolute atomic E-state index is 1.01. The molecule has 0 spiro atoms. The smallest absolute Gasteiger partial charge is 0.0493 e. The summed E-state index contributed by atoms with van der Waals surface area (Å²) >= 11 is 0. The van der Waals surface area contributed by atoms with Crippen LogP contribution in [0.5, 0.6) is 0 Å². The van der Waals surface area contributed by atoms with Crippen LogP contribution >= 0.6 is 0 Å². The van der Waals surface area contributed by atoms with Crippen LogP contribution in [0.15, 0.2) is 193 Å². The molecule has 2 heterocycles. The second-order valence-electron chi connectivity index (χ2n) is 17.5. The van der Waals surface area contributed by atoms with Crippen molar-refractivity contribution in [1.29, 1.82) is 0 Å². The van der Waals surface area contributed by atoms with Crippen LogP contribution in [0.25, 0.3) is 54.6 Å². The molecule has 0 saturated heterocycles. The highest BCUT2D eigenvalue weighted by Gasteiger charge is 2.28. The minimum atomic E-state index is 1.01. The molecule has 0 atom stereocenters. The summed E-state index contributed by atoms with van der Waals surface area (Å²) in [6.45, 7) is 4.47. The largest absolute Gasteiger partial charge is 0.310 e. The summed E-state index contributed by atoms with van der Waals surface area (Å²) in [7, 11) is 0. The van der Waals surface area contributed by atoms with Gasteiger partial charge in [-0.1, -0.05) is 133 Å². The summed E-state index contributed by atoms with van der Waals surface area (Å²) in [5.74, 6) is 0. The molecule has 3 aliphatic rings. The van der Waals surface area contributed by atoms with Gasteiger partial charge in [0.25, 0.3) is 0 Å². The highest BCUT2D eigenvalue weighted by atomic mass is 15.2. The average Bonchev–Trinajstić information content (AvgIpc) is 3.60. The molecule has 2 aliphatic heterocycles. The van der Waals surface area contributed by atoms with E-state index in [0.717, 1.165) is 38.5 Å². The van der Waals surface area contributed by atoms with Crippen LogP contribution in [-0.4, -0.2) is 0 Å². The number of allylic oxidation sites excluding steroid dienone is 3. The van der Waals surface area contributed by atoms with Crippen LogP contribution < -0.4 is 9.80 Å². The normalized spacial score (nSPS) is 14.7. The van der Waals surface area contributed by atoms with Crippen molar-refractivity contribution in [2.45, 2.75) is 52.4 Å². The summed E-state index contributed by atoms with van der Waals surface area (Å²) < 4.78 is 0.